The van der Waals surface area contributed by atoms with E-state index in [0.717, 1.165) is 4.47 Å². The lowest BCUT2D eigenvalue weighted by atomic mass is 10.1. The molecule has 0 aromatic heterocycles. The van der Waals surface area contributed by atoms with Crippen LogP contribution in [0.1, 0.15) is 18.6 Å². The quantitative estimate of drug-likeness (QED) is 0.800. The first-order chi connectivity index (χ1) is 7.54. The van der Waals surface area contributed by atoms with E-state index in [1.54, 1.807) is 24.3 Å². The molecule has 1 aromatic rings. The highest BCUT2D eigenvalue weighted by atomic mass is 79.9. The number of benzene rings is 1. The molecule has 0 N–H and O–H groups in total. The van der Waals surface area contributed by atoms with E-state index < -0.39 is 18.0 Å². The SMILES string of the molecule is COC(=O)[C@@H](OC(C)=O)c1ccc(Br)cc1. The molecular formula is C11H11BrO4. The monoisotopic (exact) mass is 286 g/mol. The van der Waals surface area contributed by atoms with E-state index in [1.807, 2.05) is 0 Å². The highest BCUT2D eigenvalue weighted by Gasteiger charge is 2.24. The maximum absolute atomic E-state index is 11.4. The molecule has 0 saturated carbocycles. The zero-order valence-electron chi connectivity index (χ0n) is 8.90. The molecule has 0 heterocycles. The van der Waals surface area contributed by atoms with Gasteiger partial charge >= 0.3 is 11.9 Å². The molecule has 0 aliphatic carbocycles. The maximum Gasteiger partial charge on any atom is 0.351 e. The fraction of sp³-hybridized carbons (Fsp3) is 0.273. The van der Waals surface area contributed by atoms with Crippen LogP contribution in [0.4, 0.5) is 0 Å². The summed E-state index contributed by atoms with van der Waals surface area (Å²) in [5.74, 6) is -1.13. The molecule has 0 unspecified atom stereocenters. The van der Waals surface area contributed by atoms with Crippen molar-refractivity contribution in [3.63, 3.8) is 0 Å². The van der Waals surface area contributed by atoms with Crippen LogP contribution < -0.4 is 0 Å². The summed E-state index contributed by atoms with van der Waals surface area (Å²) in [4.78, 5) is 22.3. The van der Waals surface area contributed by atoms with Gasteiger partial charge in [0.15, 0.2) is 0 Å². The standard InChI is InChI=1S/C11H11BrO4/c1-7(13)16-10(11(14)15-2)8-3-5-9(12)6-4-8/h3-6,10H,1-2H3/t10-/m0/s1. The molecule has 0 aliphatic heterocycles. The summed E-state index contributed by atoms with van der Waals surface area (Å²) in [5.41, 5.74) is 0.574. The van der Waals surface area contributed by atoms with Crippen LogP contribution in [0.2, 0.25) is 0 Å². The second-order valence-electron chi connectivity index (χ2n) is 3.06. The van der Waals surface area contributed by atoms with E-state index in [9.17, 15) is 9.59 Å². The van der Waals surface area contributed by atoms with Crippen molar-refractivity contribution in [1.82, 2.24) is 0 Å². The third kappa shape index (κ3) is 3.34. The molecule has 0 aliphatic rings. The number of rotatable bonds is 3. The van der Waals surface area contributed by atoms with Gasteiger partial charge in [-0.1, -0.05) is 28.1 Å². The van der Waals surface area contributed by atoms with Crippen LogP contribution in [0.25, 0.3) is 0 Å². The van der Waals surface area contributed by atoms with Crippen molar-refractivity contribution in [1.29, 1.82) is 0 Å². The van der Waals surface area contributed by atoms with Gasteiger partial charge in [0.1, 0.15) is 0 Å². The fourth-order valence-corrected chi connectivity index (χ4v) is 1.43. The van der Waals surface area contributed by atoms with E-state index in [-0.39, 0.29) is 0 Å². The van der Waals surface area contributed by atoms with Crippen molar-refractivity contribution in [2.24, 2.45) is 0 Å². The minimum Gasteiger partial charge on any atom is -0.466 e. The van der Waals surface area contributed by atoms with Gasteiger partial charge in [0, 0.05) is 17.0 Å². The smallest absolute Gasteiger partial charge is 0.351 e. The molecule has 86 valence electrons. The lowest BCUT2D eigenvalue weighted by molar-refractivity contribution is -0.165. The molecule has 1 atom stereocenters. The topological polar surface area (TPSA) is 52.6 Å². The molecule has 0 bridgehead atoms. The lowest BCUT2D eigenvalue weighted by Crippen LogP contribution is -2.19. The van der Waals surface area contributed by atoms with Crippen molar-refractivity contribution >= 4 is 27.9 Å². The zero-order chi connectivity index (χ0) is 12.1. The van der Waals surface area contributed by atoms with Gasteiger partial charge in [-0.05, 0) is 12.1 Å². The number of esters is 2. The minimum absolute atomic E-state index is 0.529. The Hall–Kier alpha value is -1.36. The Morgan fingerprint density at radius 3 is 2.25 bits per heavy atom. The average molecular weight is 287 g/mol. The van der Waals surface area contributed by atoms with Gasteiger partial charge in [-0.2, -0.15) is 0 Å². The molecule has 0 fully saturated rings. The summed E-state index contributed by atoms with van der Waals surface area (Å²) in [7, 11) is 1.25. The molecule has 1 aromatic carbocycles. The summed E-state index contributed by atoms with van der Waals surface area (Å²) in [5, 5.41) is 0. The number of hydrogen-bond donors (Lipinski definition) is 0. The maximum atomic E-state index is 11.4. The van der Waals surface area contributed by atoms with E-state index >= 15 is 0 Å². The second kappa shape index (κ2) is 5.65. The first kappa shape index (κ1) is 12.7. The number of methoxy groups -OCH3 is 1. The first-order valence-corrected chi connectivity index (χ1v) is 5.34. The summed E-state index contributed by atoms with van der Waals surface area (Å²) < 4.78 is 10.3. The molecule has 16 heavy (non-hydrogen) atoms. The number of carbonyl (C=O) groups excluding carboxylic acids is 2. The van der Waals surface area contributed by atoms with Crippen LogP contribution in [0.15, 0.2) is 28.7 Å². The van der Waals surface area contributed by atoms with Gasteiger partial charge in [0.05, 0.1) is 7.11 Å². The number of carbonyl (C=O) groups is 2. The number of ether oxygens (including phenoxy) is 2. The Kier molecular flexibility index (Phi) is 4.49. The molecule has 0 amide bonds. The van der Waals surface area contributed by atoms with Gasteiger partial charge in [-0.3, -0.25) is 4.79 Å². The largest absolute Gasteiger partial charge is 0.466 e. The van der Waals surface area contributed by atoms with Crippen LogP contribution in [0.3, 0.4) is 0 Å². The van der Waals surface area contributed by atoms with Crippen LogP contribution >= 0.6 is 15.9 Å². The predicted molar refractivity (Wildman–Crippen MR) is 60.7 cm³/mol. The highest BCUT2D eigenvalue weighted by molar-refractivity contribution is 9.10. The van der Waals surface area contributed by atoms with Crippen molar-refractivity contribution in [2.45, 2.75) is 13.0 Å². The van der Waals surface area contributed by atoms with Crippen LogP contribution in [-0.2, 0) is 19.1 Å². The number of hydrogen-bond acceptors (Lipinski definition) is 4. The molecule has 4 nitrogen and oxygen atoms in total. The third-order valence-corrected chi connectivity index (χ3v) is 2.40. The van der Waals surface area contributed by atoms with Crippen molar-refractivity contribution in [2.75, 3.05) is 7.11 Å². The molecule has 0 radical (unpaired) electrons. The Labute approximate surface area is 102 Å². The highest BCUT2D eigenvalue weighted by Crippen LogP contribution is 2.21. The van der Waals surface area contributed by atoms with Gasteiger partial charge in [-0.25, -0.2) is 4.79 Å². The molecule has 5 heteroatoms. The second-order valence-corrected chi connectivity index (χ2v) is 3.98. The first-order valence-electron chi connectivity index (χ1n) is 4.55. The van der Waals surface area contributed by atoms with Gasteiger partial charge in [-0.15, -0.1) is 0 Å². The normalized spacial score (nSPS) is 11.7. The van der Waals surface area contributed by atoms with Crippen molar-refractivity contribution in [3.05, 3.63) is 34.3 Å². The summed E-state index contributed by atoms with van der Waals surface area (Å²) in [6, 6.07) is 6.90. The lowest BCUT2D eigenvalue weighted by Gasteiger charge is -2.14. The van der Waals surface area contributed by atoms with Crippen LogP contribution in [0, 0.1) is 0 Å². The van der Waals surface area contributed by atoms with E-state index in [0.29, 0.717) is 5.56 Å². The van der Waals surface area contributed by atoms with Crippen molar-refractivity contribution < 1.29 is 19.1 Å². The average Bonchev–Trinajstić information content (AvgIpc) is 2.26. The minimum atomic E-state index is -1.00. The van der Waals surface area contributed by atoms with Gasteiger partial charge in [0.25, 0.3) is 0 Å². The van der Waals surface area contributed by atoms with E-state index in [4.69, 9.17) is 4.74 Å². The fourth-order valence-electron chi connectivity index (χ4n) is 1.16. The van der Waals surface area contributed by atoms with Crippen molar-refractivity contribution in [3.8, 4) is 0 Å². The van der Waals surface area contributed by atoms with Crippen LogP contribution in [-0.4, -0.2) is 19.0 Å². The summed E-state index contributed by atoms with van der Waals surface area (Å²) >= 11 is 3.28. The van der Waals surface area contributed by atoms with E-state index in [2.05, 4.69) is 20.7 Å². The molecular weight excluding hydrogens is 276 g/mol. The Balaban J connectivity index is 2.96. The van der Waals surface area contributed by atoms with Gasteiger partial charge in [0.2, 0.25) is 6.10 Å². The Morgan fingerprint density at radius 1 is 1.25 bits per heavy atom. The molecule has 0 spiro atoms. The zero-order valence-corrected chi connectivity index (χ0v) is 10.5. The molecule has 0 saturated heterocycles. The Bertz CT molecular complexity index is 385. The molecule has 1 rings (SSSR count). The number of halogens is 1. The predicted octanol–water partition coefficient (Wildman–Crippen LogP) is 2.23. The Morgan fingerprint density at radius 2 is 1.81 bits per heavy atom. The van der Waals surface area contributed by atoms with Gasteiger partial charge < -0.3 is 9.47 Å². The van der Waals surface area contributed by atoms with E-state index in [1.165, 1.54) is 14.0 Å². The summed E-state index contributed by atoms with van der Waals surface area (Å²) in [6.07, 6.45) is -1.00. The third-order valence-electron chi connectivity index (χ3n) is 1.87. The summed E-state index contributed by atoms with van der Waals surface area (Å²) in [6.45, 7) is 1.24. The van der Waals surface area contributed by atoms with Crippen LogP contribution in [0.5, 0.6) is 0 Å².